The number of aromatic nitrogens is 2. The number of alkyl halides is 3. The molecule has 1 heterocycles. The summed E-state index contributed by atoms with van der Waals surface area (Å²) in [5, 5.41) is 9.43. The van der Waals surface area contributed by atoms with E-state index in [-0.39, 0.29) is 10.7 Å². The fourth-order valence-corrected chi connectivity index (χ4v) is 4.05. The Bertz CT molecular complexity index is 921. The number of carbonyl (C=O) groups excluding carboxylic acids is 1. The number of nitrogens with zero attached hydrogens (tertiary/aromatic N) is 2. The van der Waals surface area contributed by atoms with E-state index in [1.165, 1.54) is 16.8 Å². The molecule has 0 bridgehead atoms. The average Bonchev–Trinajstić information content (AvgIpc) is 3.14. The van der Waals surface area contributed by atoms with Crippen molar-refractivity contribution in [2.45, 2.75) is 15.8 Å². The van der Waals surface area contributed by atoms with Gasteiger partial charge in [-0.1, -0.05) is 65.0 Å². The first kappa shape index (κ1) is 19.7. The van der Waals surface area contributed by atoms with Crippen LogP contribution in [0.15, 0.2) is 58.4 Å². The minimum absolute atomic E-state index is 0.0177. The summed E-state index contributed by atoms with van der Waals surface area (Å²) in [7, 11) is 0. The molecule has 1 aromatic heterocycles. The van der Waals surface area contributed by atoms with E-state index in [4.69, 9.17) is 11.6 Å². The van der Waals surface area contributed by atoms with Gasteiger partial charge in [0, 0.05) is 0 Å². The Morgan fingerprint density at radius 3 is 2.56 bits per heavy atom. The number of amides is 1. The molecule has 10 heteroatoms. The number of carbonyl (C=O) groups is 1. The Morgan fingerprint density at radius 1 is 1.19 bits per heavy atom. The number of hydrogen-bond acceptors (Lipinski definition) is 5. The van der Waals surface area contributed by atoms with Crippen LogP contribution in [-0.4, -0.2) is 16.1 Å². The zero-order chi connectivity index (χ0) is 19.4. The molecule has 3 rings (SSSR count). The minimum atomic E-state index is -4.54. The predicted molar refractivity (Wildman–Crippen MR) is 100 cm³/mol. The van der Waals surface area contributed by atoms with E-state index >= 15 is 0 Å². The van der Waals surface area contributed by atoms with E-state index in [9.17, 15) is 18.0 Å². The second kappa shape index (κ2) is 8.28. The molecule has 2 aromatic carbocycles. The fourth-order valence-electron chi connectivity index (χ4n) is 2.21. The molecule has 0 aliphatic rings. The Kier molecular flexibility index (Phi) is 6.03. The second-order valence-corrected chi connectivity index (χ2v) is 7.89. The number of benzene rings is 2. The number of anilines is 1. The lowest BCUT2D eigenvalue weighted by Gasteiger charge is -2.17. The van der Waals surface area contributed by atoms with Crippen LogP contribution in [0.25, 0.3) is 0 Å². The maximum absolute atomic E-state index is 12.9. The summed E-state index contributed by atoms with van der Waals surface area (Å²) in [6, 6.07) is 11.6. The van der Waals surface area contributed by atoms with Gasteiger partial charge in [-0.3, -0.25) is 4.79 Å². The molecular formula is C17H11ClF3N3OS2. The summed E-state index contributed by atoms with van der Waals surface area (Å²) < 4.78 is 39.4. The van der Waals surface area contributed by atoms with Gasteiger partial charge in [-0.2, -0.15) is 13.2 Å². The van der Waals surface area contributed by atoms with Crippen molar-refractivity contribution in [3.8, 4) is 0 Å². The van der Waals surface area contributed by atoms with Crippen LogP contribution in [0.3, 0.4) is 0 Å². The van der Waals surface area contributed by atoms with Crippen molar-refractivity contribution < 1.29 is 18.0 Å². The van der Waals surface area contributed by atoms with Crippen molar-refractivity contribution >= 4 is 46.3 Å². The molecule has 1 atom stereocenters. The van der Waals surface area contributed by atoms with Crippen LogP contribution in [0.5, 0.6) is 0 Å². The number of nitrogens with one attached hydrogen (secondary N) is 1. The first-order chi connectivity index (χ1) is 12.8. The highest BCUT2D eigenvalue weighted by Crippen LogP contribution is 2.38. The lowest BCUT2D eigenvalue weighted by atomic mass is 10.1. The highest BCUT2D eigenvalue weighted by Gasteiger charge is 2.31. The molecule has 1 amide bonds. The molecule has 0 aliphatic carbocycles. The third-order valence-corrected chi connectivity index (χ3v) is 5.85. The van der Waals surface area contributed by atoms with Gasteiger partial charge in [-0.05, 0) is 23.8 Å². The molecule has 4 nitrogen and oxygen atoms in total. The normalized spacial score (nSPS) is 12.6. The Morgan fingerprint density at radius 2 is 1.93 bits per heavy atom. The summed E-state index contributed by atoms with van der Waals surface area (Å²) in [5.74, 6) is -0.511. The van der Waals surface area contributed by atoms with Crippen LogP contribution in [0.2, 0.25) is 5.02 Å². The van der Waals surface area contributed by atoms with Crippen LogP contribution < -0.4 is 5.32 Å². The lowest BCUT2D eigenvalue weighted by molar-refractivity contribution is -0.137. The smallest absolute Gasteiger partial charge is 0.323 e. The maximum Gasteiger partial charge on any atom is 0.416 e. The zero-order valence-electron chi connectivity index (χ0n) is 13.4. The highest BCUT2D eigenvalue weighted by atomic mass is 35.5. The number of thioether (sulfide) groups is 1. The SMILES string of the molecule is O=C(Nc1cc(C(F)(F)F)ccc1Cl)C(Sc1nncs1)c1ccccc1. The largest absolute Gasteiger partial charge is 0.416 e. The highest BCUT2D eigenvalue weighted by molar-refractivity contribution is 8.01. The predicted octanol–water partition coefficient (Wildman–Crippen LogP) is 5.68. The standard InChI is InChI=1S/C17H11ClF3N3OS2/c18-12-7-6-11(17(19,20)21)8-13(12)23-15(25)14(10-4-2-1-3-5-10)27-16-24-22-9-26-16/h1-9,14H,(H,23,25). The van der Waals surface area contributed by atoms with Gasteiger partial charge >= 0.3 is 6.18 Å². The summed E-state index contributed by atoms with van der Waals surface area (Å²) in [6.45, 7) is 0. The van der Waals surface area contributed by atoms with E-state index in [0.29, 0.717) is 9.90 Å². The van der Waals surface area contributed by atoms with Crippen molar-refractivity contribution in [3.63, 3.8) is 0 Å². The third kappa shape index (κ3) is 5.00. The van der Waals surface area contributed by atoms with E-state index in [1.54, 1.807) is 30.3 Å². The molecule has 0 saturated heterocycles. The summed E-state index contributed by atoms with van der Waals surface area (Å²) in [6.07, 6.45) is -4.54. The van der Waals surface area contributed by atoms with Crippen molar-refractivity contribution in [1.82, 2.24) is 10.2 Å². The van der Waals surface area contributed by atoms with E-state index in [1.807, 2.05) is 0 Å². The third-order valence-electron chi connectivity index (χ3n) is 3.45. The van der Waals surface area contributed by atoms with E-state index in [0.717, 1.165) is 30.0 Å². The van der Waals surface area contributed by atoms with Gasteiger partial charge in [0.25, 0.3) is 0 Å². The van der Waals surface area contributed by atoms with Crippen molar-refractivity contribution in [3.05, 3.63) is 70.2 Å². The first-order valence-electron chi connectivity index (χ1n) is 7.50. The summed E-state index contributed by atoms with van der Waals surface area (Å²) >= 11 is 8.40. The monoisotopic (exact) mass is 429 g/mol. The van der Waals surface area contributed by atoms with E-state index in [2.05, 4.69) is 15.5 Å². The molecule has 3 aromatic rings. The molecule has 0 fully saturated rings. The van der Waals surface area contributed by atoms with Crippen LogP contribution >= 0.6 is 34.7 Å². The molecule has 27 heavy (non-hydrogen) atoms. The Hall–Kier alpha value is -2.10. The number of rotatable bonds is 5. The first-order valence-corrected chi connectivity index (χ1v) is 9.63. The zero-order valence-corrected chi connectivity index (χ0v) is 15.8. The number of hydrogen-bond donors (Lipinski definition) is 1. The topological polar surface area (TPSA) is 54.9 Å². The van der Waals surface area contributed by atoms with Gasteiger partial charge in [0.05, 0.1) is 16.3 Å². The van der Waals surface area contributed by atoms with Crippen LogP contribution in [0.1, 0.15) is 16.4 Å². The molecule has 0 saturated carbocycles. The lowest BCUT2D eigenvalue weighted by Crippen LogP contribution is -2.19. The van der Waals surface area contributed by atoms with Gasteiger partial charge in [0.1, 0.15) is 10.8 Å². The Balaban J connectivity index is 1.89. The Labute approximate surface area is 165 Å². The minimum Gasteiger partial charge on any atom is -0.323 e. The average molecular weight is 430 g/mol. The van der Waals surface area contributed by atoms with Crippen molar-refractivity contribution in [2.75, 3.05) is 5.32 Å². The van der Waals surface area contributed by atoms with Crippen molar-refractivity contribution in [1.29, 1.82) is 0 Å². The van der Waals surface area contributed by atoms with Crippen LogP contribution in [0.4, 0.5) is 18.9 Å². The molecule has 1 N–H and O–H groups in total. The molecule has 0 radical (unpaired) electrons. The van der Waals surface area contributed by atoms with Gasteiger partial charge in [-0.25, -0.2) is 0 Å². The molecule has 140 valence electrons. The second-order valence-electron chi connectivity index (χ2n) is 5.29. The quantitative estimate of drug-likeness (QED) is 0.530. The van der Waals surface area contributed by atoms with E-state index < -0.39 is 22.9 Å². The van der Waals surface area contributed by atoms with Crippen LogP contribution in [0, 0.1) is 0 Å². The summed E-state index contributed by atoms with van der Waals surface area (Å²) in [4.78, 5) is 12.8. The molecule has 1 unspecified atom stereocenters. The maximum atomic E-state index is 12.9. The number of halogens is 4. The molecule has 0 spiro atoms. The fraction of sp³-hybridized carbons (Fsp3) is 0.118. The molecular weight excluding hydrogens is 419 g/mol. The van der Waals surface area contributed by atoms with Gasteiger partial charge in [0.15, 0.2) is 4.34 Å². The van der Waals surface area contributed by atoms with Gasteiger partial charge in [-0.15, -0.1) is 10.2 Å². The molecule has 0 aliphatic heterocycles. The van der Waals surface area contributed by atoms with Gasteiger partial charge in [0.2, 0.25) is 5.91 Å². The summed E-state index contributed by atoms with van der Waals surface area (Å²) in [5.41, 5.74) is 1.22. The van der Waals surface area contributed by atoms with Crippen molar-refractivity contribution in [2.24, 2.45) is 0 Å². The van der Waals surface area contributed by atoms with Crippen LogP contribution in [-0.2, 0) is 11.0 Å². The van der Waals surface area contributed by atoms with Gasteiger partial charge < -0.3 is 5.32 Å².